The molecule has 0 N–H and O–H groups in total. The summed E-state index contributed by atoms with van der Waals surface area (Å²) in [6.45, 7) is 0. The normalized spacial score (nSPS) is 12.5. The van der Waals surface area contributed by atoms with Crippen molar-refractivity contribution in [3.8, 4) is 5.75 Å². The second-order valence-electron chi connectivity index (χ2n) is 3.41. The molecule has 0 aliphatic rings. The number of ether oxygens (including phenoxy) is 1. The van der Waals surface area contributed by atoms with Gasteiger partial charge in [-0.05, 0) is 55.6 Å². The first-order valence-corrected chi connectivity index (χ1v) is 8.16. The first-order chi connectivity index (χ1) is 8.11. The molecule has 17 heavy (non-hydrogen) atoms. The van der Waals surface area contributed by atoms with Crippen LogP contribution in [0.4, 0.5) is 0 Å². The van der Waals surface area contributed by atoms with Crippen LogP contribution in [-0.2, 0) is 0 Å². The van der Waals surface area contributed by atoms with Gasteiger partial charge < -0.3 is 4.74 Å². The first-order valence-electron chi connectivity index (χ1n) is 4.84. The van der Waals surface area contributed by atoms with Crippen molar-refractivity contribution in [2.75, 3.05) is 7.11 Å². The fourth-order valence-electron chi connectivity index (χ4n) is 1.45. The molecule has 1 heterocycles. The maximum atomic E-state index is 5.23. The lowest BCUT2D eigenvalue weighted by Crippen LogP contribution is -1.91. The zero-order chi connectivity index (χ0) is 12.4. The summed E-state index contributed by atoms with van der Waals surface area (Å²) in [5, 5.41) is 0. The summed E-state index contributed by atoms with van der Waals surface area (Å²) < 4.78 is 7.43. The molecular formula is C12H9Br3OS. The maximum Gasteiger partial charge on any atom is 0.119 e. The zero-order valence-electron chi connectivity index (χ0n) is 8.91. The van der Waals surface area contributed by atoms with Gasteiger partial charge in [-0.2, -0.15) is 0 Å². The van der Waals surface area contributed by atoms with Crippen molar-refractivity contribution in [1.82, 2.24) is 0 Å². The number of rotatable bonds is 3. The molecule has 0 amide bonds. The Morgan fingerprint density at radius 2 is 2.00 bits per heavy atom. The van der Waals surface area contributed by atoms with Gasteiger partial charge in [-0.25, -0.2) is 0 Å². The topological polar surface area (TPSA) is 9.23 Å². The molecule has 1 aromatic carbocycles. The minimum atomic E-state index is 0.185. The second kappa shape index (κ2) is 5.87. The summed E-state index contributed by atoms with van der Waals surface area (Å²) in [5.41, 5.74) is 1.19. The minimum Gasteiger partial charge on any atom is -0.497 e. The first kappa shape index (κ1) is 13.6. The number of hydrogen-bond acceptors (Lipinski definition) is 2. The molecule has 0 fully saturated rings. The third-order valence-electron chi connectivity index (χ3n) is 2.30. The summed E-state index contributed by atoms with van der Waals surface area (Å²) in [7, 11) is 1.68. The minimum absolute atomic E-state index is 0.185. The highest BCUT2D eigenvalue weighted by Gasteiger charge is 2.15. The van der Waals surface area contributed by atoms with E-state index in [1.807, 2.05) is 18.2 Å². The van der Waals surface area contributed by atoms with Crippen LogP contribution in [0.25, 0.3) is 0 Å². The van der Waals surface area contributed by atoms with E-state index < -0.39 is 0 Å². The fourth-order valence-corrected chi connectivity index (χ4v) is 4.24. The Hall–Kier alpha value is 0.160. The van der Waals surface area contributed by atoms with E-state index in [0.29, 0.717) is 0 Å². The number of benzene rings is 1. The summed E-state index contributed by atoms with van der Waals surface area (Å²) >= 11 is 12.4. The lowest BCUT2D eigenvalue weighted by Gasteiger charge is -2.09. The van der Waals surface area contributed by atoms with Crippen LogP contribution in [0.5, 0.6) is 5.75 Å². The Labute approximate surface area is 130 Å². The van der Waals surface area contributed by atoms with Crippen molar-refractivity contribution in [1.29, 1.82) is 0 Å². The SMILES string of the molecule is COc1cccc(C(Br)c2cc(Br)c(Br)s2)c1. The van der Waals surface area contributed by atoms with E-state index in [1.165, 1.54) is 10.4 Å². The summed E-state index contributed by atoms with van der Waals surface area (Å²) in [6, 6.07) is 10.2. The summed E-state index contributed by atoms with van der Waals surface area (Å²) in [6.07, 6.45) is 0. The Morgan fingerprint density at radius 3 is 2.59 bits per heavy atom. The molecule has 5 heteroatoms. The molecule has 2 rings (SSSR count). The molecule has 0 saturated carbocycles. The second-order valence-corrected chi connectivity index (χ2v) is 7.58. The molecule has 2 aromatic rings. The van der Waals surface area contributed by atoms with Gasteiger partial charge in [-0.3, -0.25) is 0 Å². The highest BCUT2D eigenvalue weighted by atomic mass is 79.9. The zero-order valence-corrected chi connectivity index (χ0v) is 14.5. The van der Waals surface area contributed by atoms with E-state index in [2.05, 4.69) is 59.9 Å². The largest absolute Gasteiger partial charge is 0.497 e. The third kappa shape index (κ3) is 3.13. The molecule has 0 saturated heterocycles. The van der Waals surface area contributed by atoms with Gasteiger partial charge in [0.25, 0.3) is 0 Å². The molecule has 1 atom stereocenters. The van der Waals surface area contributed by atoms with Gasteiger partial charge in [0.15, 0.2) is 0 Å². The summed E-state index contributed by atoms with van der Waals surface area (Å²) in [4.78, 5) is 1.43. The quantitative estimate of drug-likeness (QED) is 0.551. The van der Waals surface area contributed by atoms with E-state index in [0.717, 1.165) is 14.0 Å². The van der Waals surface area contributed by atoms with Crippen molar-refractivity contribution < 1.29 is 4.74 Å². The van der Waals surface area contributed by atoms with E-state index in [-0.39, 0.29) is 4.83 Å². The average Bonchev–Trinajstić information content (AvgIpc) is 2.69. The highest BCUT2D eigenvalue weighted by molar-refractivity contribution is 9.13. The predicted octanol–water partition coefficient (Wildman–Crippen LogP) is 5.77. The van der Waals surface area contributed by atoms with E-state index in [9.17, 15) is 0 Å². The third-order valence-corrected chi connectivity index (χ3v) is 6.95. The van der Waals surface area contributed by atoms with Gasteiger partial charge in [-0.1, -0.05) is 28.1 Å². The molecule has 1 aromatic heterocycles. The van der Waals surface area contributed by atoms with Crippen molar-refractivity contribution in [3.63, 3.8) is 0 Å². The Bertz CT molecular complexity index is 505. The van der Waals surface area contributed by atoms with Crippen LogP contribution in [0.2, 0.25) is 0 Å². The molecule has 0 bridgehead atoms. The van der Waals surface area contributed by atoms with Crippen molar-refractivity contribution in [2.45, 2.75) is 4.83 Å². The number of halogens is 3. The fraction of sp³-hybridized carbons (Fsp3) is 0.167. The van der Waals surface area contributed by atoms with Crippen LogP contribution >= 0.6 is 59.1 Å². The van der Waals surface area contributed by atoms with Crippen LogP contribution in [0.3, 0.4) is 0 Å². The van der Waals surface area contributed by atoms with Gasteiger partial charge in [0.1, 0.15) is 5.75 Å². The van der Waals surface area contributed by atoms with Crippen LogP contribution in [0.15, 0.2) is 38.6 Å². The molecule has 0 spiro atoms. The smallest absolute Gasteiger partial charge is 0.119 e. The van der Waals surface area contributed by atoms with Crippen molar-refractivity contribution in [3.05, 3.63) is 49.0 Å². The number of thiophene rings is 1. The Kier molecular flexibility index (Phi) is 4.69. The van der Waals surface area contributed by atoms with Crippen molar-refractivity contribution in [2.24, 2.45) is 0 Å². The molecule has 1 unspecified atom stereocenters. The monoisotopic (exact) mass is 438 g/mol. The molecule has 1 nitrogen and oxygen atoms in total. The standard InChI is InChI=1S/C12H9Br3OS/c1-16-8-4-2-3-7(5-8)11(14)10-6-9(13)12(15)17-10/h2-6,11H,1H3. The molecule has 0 aliphatic carbocycles. The lowest BCUT2D eigenvalue weighted by molar-refractivity contribution is 0.414. The number of methoxy groups -OCH3 is 1. The van der Waals surface area contributed by atoms with Crippen molar-refractivity contribution >= 4 is 59.1 Å². The van der Waals surface area contributed by atoms with Crippen LogP contribution in [-0.4, -0.2) is 7.11 Å². The maximum absolute atomic E-state index is 5.23. The molecule has 0 radical (unpaired) electrons. The predicted molar refractivity (Wildman–Crippen MR) is 83.5 cm³/mol. The lowest BCUT2D eigenvalue weighted by atomic mass is 10.1. The van der Waals surface area contributed by atoms with Crippen LogP contribution in [0.1, 0.15) is 15.3 Å². The van der Waals surface area contributed by atoms with E-state index in [4.69, 9.17) is 4.74 Å². The molecule has 90 valence electrons. The Morgan fingerprint density at radius 1 is 1.24 bits per heavy atom. The average molecular weight is 441 g/mol. The van der Waals surface area contributed by atoms with Crippen LogP contribution < -0.4 is 4.74 Å². The molecule has 0 aliphatic heterocycles. The number of alkyl halides is 1. The van der Waals surface area contributed by atoms with Crippen LogP contribution in [0, 0.1) is 0 Å². The molecular weight excluding hydrogens is 432 g/mol. The van der Waals surface area contributed by atoms with Gasteiger partial charge in [0, 0.05) is 9.35 Å². The van der Waals surface area contributed by atoms with Gasteiger partial charge >= 0.3 is 0 Å². The van der Waals surface area contributed by atoms with E-state index in [1.54, 1.807) is 18.4 Å². The number of hydrogen-bond donors (Lipinski definition) is 0. The Balaban J connectivity index is 2.32. The highest BCUT2D eigenvalue weighted by Crippen LogP contribution is 2.41. The van der Waals surface area contributed by atoms with E-state index >= 15 is 0 Å². The summed E-state index contributed by atoms with van der Waals surface area (Å²) in [5.74, 6) is 0.877. The van der Waals surface area contributed by atoms with Gasteiger partial charge in [-0.15, -0.1) is 11.3 Å². The van der Waals surface area contributed by atoms with Gasteiger partial charge in [0.2, 0.25) is 0 Å². The van der Waals surface area contributed by atoms with Gasteiger partial charge in [0.05, 0.1) is 15.7 Å².